The monoisotopic (exact) mass is 267 g/mol. The van der Waals surface area contributed by atoms with Crippen molar-refractivity contribution in [2.45, 2.75) is 18.4 Å². The van der Waals surface area contributed by atoms with E-state index in [4.69, 9.17) is 14.2 Å². The standard InChI is InChI=1S/C14H21NO4/c1-17-12-4-3-11(9-13(12)18-2)15-10-14(16)5-7-19-8-6-14/h3-4,9,15-16H,5-8,10H2,1-2H3. The lowest BCUT2D eigenvalue weighted by atomic mass is 9.94. The van der Waals surface area contributed by atoms with E-state index in [2.05, 4.69) is 5.32 Å². The van der Waals surface area contributed by atoms with Gasteiger partial charge in [0.1, 0.15) is 0 Å². The van der Waals surface area contributed by atoms with Gasteiger partial charge in [0.2, 0.25) is 0 Å². The number of rotatable bonds is 5. The molecule has 0 unspecified atom stereocenters. The second-order valence-electron chi connectivity index (χ2n) is 4.76. The van der Waals surface area contributed by atoms with Crippen LogP contribution in [0.4, 0.5) is 5.69 Å². The topological polar surface area (TPSA) is 60.0 Å². The molecule has 0 aliphatic carbocycles. The van der Waals surface area contributed by atoms with Crippen molar-refractivity contribution in [3.63, 3.8) is 0 Å². The minimum atomic E-state index is -0.689. The highest BCUT2D eigenvalue weighted by Gasteiger charge is 2.29. The van der Waals surface area contributed by atoms with Crippen LogP contribution in [0.15, 0.2) is 18.2 Å². The van der Waals surface area contributed by atoms with Crippen LogP contribution in [-0.4, -0.2) is 44.7 Å². The lowest BCUT2D eigenvalue weighted by Crippen LogP contribution is -2.42. The summed E-state index contributed by atoms with van der Waals surface area (Å²) in [5, 5.41) is 13.6. The second-order valence-corrected chi connectivity index (χ2v) is 4.76. The number of benzene rings is 1. The van der Waals surface area contributed by atoms with E-state index in [1.807, 2.05) is 18.2 Å². The van der Waals surface area contributed by atoms with Gasteiger partial charge in [-0.15, -0.1) is 0 Å². The summed E-state index contributed by atoms with van der Waals surface area (Å²) in [5.41, 5.74) is 0.211. The fourth-order valence-electron chi connectivity index (χ4n) is 2.14. The summed E-state index contributed by atoms with van der Waals surface area (Å²) in [6, 6.07) is 5.61. The smallest absolute Gasteiger partial charge is 0.162 e. The molecule has 1 fully saturated rings. The molecule has 5 nitrogen and oxygen atoms in total. The third kappa shape index (κ3) is 3.52. The van der Waals surface area contributed by atoms with E-state index in [9.17, 15) is 5.11 Å². The predicted octanol–water partition coefficient (Wildman–Crippen LogP) is 1.66. The first kappa shape index (κ1) is 14.0. The summed E-state index contributed by atoms with van der Waals surface area (Å²) in [5.74, 6) is 1.37. The fourth-order valence-corrected chi connectivity index (χ4v) is 2.14. The molecule has 1 aliphatic rings. The van der Waals surface area contributed by atoms with Gasteiger partial charge in [-0.3, -0.25) is 0 Å². The summed E-state index contributed by atoms with van der Waals surface area (Å²) >= 11 is 0. The Labute approximate surface area is 113 Å². The van der Waals surface area contributed by atoms with Crippen LogP contribution in [0.1, 0.15) is 12.8 Å². The van der Waals surface area contributed by atoms with Crippen molar-refractivity contribution in [1.82, 2.24) is 0 Å². The third-order valence-corrected chi connectivity index (χ3v) is 3.43. The Hall–Kier alpha value is -1.46. The van der Waals surface area contributed by atoms with Gasteiger partial charge in [0.05, 0.1) is 19.8 Å². The van der Waals surface area contributed by atoms with Crippen LogP contribution >= 0.6 is 0 Å². The number of anilines is 1. The molecule has 2 N–H and O–H groups in total. The molecular formula is C14H21NO4. The molecule has 0 bridgehead atoms. The zero-order chi connectivity index (χ0) is 13.7. The van der Waals surface area contributed by atoms with Crippen LogP contribution in [0.5, 0.6) is 11.5 Å². The molecule has 1 aromatic carbocycles. The number of nitrogens with one attached hydrogen (secondary N) is 1. The highest BCUT2D eigenvalue weighted by molar-refractivity contribution is 5.54. The number of aliphatic hydroxyl groups is 1. The van der Waals surface area contributed by atoms with Crippen molar-refractivity contribution >= 4 is 5.69 Å². The first-order valence-corrected chi connectivity index (χ1v) is 6.43. The van der Waals surface area contributed by atoms with Gasteiger partial charge in [-0.1, -0.05) is 0 Å². The number of ether oxygens (including phenoxy) is 3. The van der Waals surface area contributed by atoms with Crippen LogP contribution in [-0.2, 0) is 4.74 Å². The Kier molecular flexibility index (Phi) is 4.50. The maximum Gasteiger partial charge on any atom is 0.162 e. The largest absolute Gasteiger partial charge is 0.493 e. The van der Waals surface area contributed by atoms with Crippen LogP contribution in [0.25, 0.3) is 0 Å². The number of methoxy groups -OCH3 is 2. The molecule has 1 saturated heterocycles. The maximum atomic E-state index is 10.4. The minimum absolute atomic E-state index is 0.506. The van der Waals surface area contributed by atoms with Crippen LogP contribution < -0.4 is 14.8 Å². The van der Waals surface area contributed by atoms with Gasteiger partial charge in [-0.2, -0.15) is 0 Å². The van der Waals surface area contributed by atoms with E-state index in [0.717, 1.165) is 5.69 Å². The highest BCUT2D eigenvalue weighted by atomic mass is 16.5. The van der Waals surface area contributed by atoms with Gasteiger partial charge >= 0.3 is 0 Å². The van der Waals surface area contributed by atoms with Gasteiger partial charge < -0.3 is 24.6 Å². The molecule has 2 rings (SSSR count). The minimum Gasteiger partial charge on any atom is -0.493 e. The Morgan fingerprint density at radius 3 is 2.53 bits per heavy atom. The molecule has 0 atom stereocenters. The molecule has 0 spiro atoms. The van der Waals surface area contributed by atoms with Gasteiger partial charge in [0.25, 0.3) is 0 Å². The molecule has 19 heavy (non-hydrogen) atoms. The van der Waals surface area contributed by atoms with Gasteiger partial charge in [-0.25, -0.2) is 0 Å². The average molecular weight is 267 g/mol. The van der Waals surface area contributed by atoms with Crippen molar-refractivity contribution in [2.24, 2.45) is 0 Å². The molecule has 0 radical (unpaired) electrons. The van der Waals surface area contributed by atoms with E-state index in [1.54, 1.807) is 14.2 Å². The quantitative estimate of drug-likeness (QED) is 0.849. The van der Waals surface area contributed by atoms with Gasteiger partial charge in [0, 0.05) is 44.4 Å². The normalized spacial score (nSPS) is 17.8. The van der Waals surface area contributed by atoms with Crippen LogP contribution in [0.2, 0.25) is 0 Å². The maximum absolute atomic E-state index is 10.4. The fraction of sp³-hybridized carbons (Fsp3) is 0.571. The summed E-state index contributed by atoms with van der Waals surface area (Å²) in [4.78, 5) is 0. The molecule has 0 amide bonds. The van der Waals surface area contributed by atoms with Gasteiger partial charge in [0.15, 0.2) is 11.5 Å². The summed E-state index contributed by atoms with van der Waals surface area (Å²) < 4.78 is 15.7. The number of hydrogen-bond acceptors (Lipinski definition) is 5. The Morgan fingerprint density at radius 2 is 1.89 bits per heavy atom. The zero-order valence-corrected chi connectivity index (χ0v) is 11.4. The van der Waals surface area contributed by atoms with Gasteiger partial charge in [-0.05, 0) is 12.1 Å². The first-order chi connectivity index (χ1) is 9.17. The average Bonchev–Trinajstić information content (AvgIpc) is 2.45. The van der Waals surface area contributed by atoms with E-state index in [0.29, 0.717) is 44.1 Å². The van der Waals surface area contributed by atoms with Crippen molar-refractivity contribution in [3.05, 3.63) is 18.2 Å². The third-order valence-electron chi connectivity index (χ3n) is 3.43. The Bertz CT molecular complexity index is 416. The molecule has 1 aliphatic heterocycles. The van der Waals surface area contributed by atoms with Crippen molar-refractivity contribution in [3.8, 4) is 11.5 Å². The predicted molar refractivity (Wildman–Crippen MR) is 73.0 cm³/mol. The van der Waals surface area contributed by atoms with E-state index in [1.165, 1.54) is 0 Å². The lowest BCUT2D eigenvalue weighted by Gasteiger charge is -2.32. The summed E-state index contributed by atoms with van der Waals surface area (Å²) in [6.07, 6.45) is 1.32. The first-order valence-electron chi connectivity index (χ1n) is 6.43. The molecule has 106 valence electrons. The number of hydrogen-bond donors (Lipinski definition) is 2. The lowest BCUT2D eigenvalue weighted by molar-refractivity contribution is -0.0543. The molecular weight excluding hydrogens is 246 g/mol. The molecule has 0 aromatic heterocycles. The molecule has 0 saturated carbocycles. The van der Waals surface area contributed by atoms with E-state index >= 15 is 0 Å². The molecule has 5 heteroatoms. The van der Waals surface area contributed by atoms with E-state index in [-0.39, 0.29) is 0 Å². The van der Waals surface area contributed by atoms with Crippen molar-refractivity contribution in [1.29, 1.82) is 0 Å². The highest BCUT2D eigenvalue weighted by Crippen LogP contribution is 2.30. The van der Waals surface area contributed by atoms with E-state index < -0.39 is 5.60 Å². The molecule has 1 heterocycles. The van der Waals surface area contributed by atoms with Crippen LogP contribution in [0.3, 0.4) is 0 Å². The second kappa shape index (κ2) is 6.12. The summed E-state index contributed by atoms with van der Waals surface area (Å²) in [7, 11) is 3.21. The Balaban J connectivity index is 1.99. The zero-order valence-electron chi connectivity index (χ0n) is 11.4. The Morgan fingerprint density at radius 1 is 1.21 bits per heavy atom. The van der Waals surface area contributed by atoms with Crippen molar-refractivity contribution < 1.29 is 19.3 Å². The SMILES string of the molecule is COc1ccc(NCC2(O)CCOCC2)cc1OC. The van der Waals surface area contributed by atoms with Crippen LogP contribution in [0, 0.1) is 0 Å². The molecule has 1 aromatic rings. The van der Waals surface area contributed by atoms with Crippen molar-refractivity contribution in [2.75, 3.05) is 39.3 Å². The summed E-state index contributed by atoms with van der Waals surface area (Å²) in [6.45, 7) is 1.74.